The van der Waals surface area contributed by atoms with Crippen LogP contribution in [-0.4, -0.2) is 40.6 Å². The first kappa shape index (κ1) is 10.9. The van der Waals surface area contributed by atoms with E-state index in [2.05, 4.69) is 0 Å². The molecule has 3 unspecified atom stereocenters. The highest BCUT2D eigenvalue weighted by Crippen LogP contribution is 2.29. The molecule has 0 radical (unpaired) electrons. The van der Waals surface area contributed by atoms with E-state index in [1.807, 2.05) is 0 Å². The minimum atomic E-state index is -0.684. The van der Waals surface area contributed by atoms with Gasteiger partial charge in [0, 0.05) is 25.0 Å². The third-order valence-corrected chi connectivity index (χ3v) is 3.59. The standard InChI is InChI=1S/C11H20N2O2/c1-11(15)4-5-13(7-11)10(14)8-2-3-9(12)6-8/h8-9,15H,2-7,12H2,1H3. The van der Waals surface area contributed by atoms with Gasteiger partial charge in [-0.15, -0.1) is 0 Å². The first-order chi connectivity index (χ1) is 6.98. The maximum atomic E-state index is 12.0. The minimum absolute atomic E-state index is 0.105. The van der Waals surface area contributed by atoms with Crippen molar-refractivity contribution in [3.05, 3.63) is 0 Å². The lowest BCUT2D eigenvalue weighted by molar-refractivity contribution is -0.135. The molecule has 86 valence electrons. The van der Waals surface area contributed by atoms with Gasteiger partial charge >= 0.3 is 0 Å². The van der Waals surface area contributed by atoms with Crippen LogP contribution < -0.4 is 5.73 Å². The van der Waals surface area contributed by atoms with E-state index >= 15 is 0 Å². The lowest BCUT2D eigenvalue weighted by Gasteiger charge is -2.22. The van der Waals surface area contributed by atoms with Crippen molar-refractivity contribution < 1.29 is 9.90 Å². The van der Waals surface area contributed by atoms with E-state index in [9.17, 15) is 9.90 Å². The number of likely N-dealkylation sites (tertiary alicyclic amines) is 1. The third-order valence-electron chi connectivity index (χ3n) is 3.59. The molecule has 4 heteroatoms. The number of carbonyl (C=O) groups is 1. The summed E-state index contributed by atoms with van der Waals surface area (Å²) in [4.78, 5) is 13.8. The van der Waals surface area contributed by atoms with Gasteiger partial charge in [-0.1, -0.05) is 0 Å². The normalized spacial score (nSPS) is 41.1. The molecule has 0 spiro atoms. The van der Waals surface area contributed by atoms with Crippen LogP contribution in [0.1, 0.15) is 32.6 Å². The Morgan fingerprint density at radius 1 is 1.53 bits per heavy atom. The monoisotopic (exact) mass is 212 g/mol. The second-order valence-corrected chi connectivity index (χ2v) is 5.28. The van der Waals surface area contributed by atoms with Crippen LogP contribution in [0, 0.1) is 5.92 Å². The van der Waals surface area contributed by atoms with Gasteiger partial charge in [-0.25, -0.2) is 0 Å². The number of rotatable bonds is 1. The summed E-state index contributed by atoms with van der Waals surface area (Å²) in [7, 11) is 0. The van der Waals surface area contributed by atoms with Gasteiger partial charge in [0.2, 0.25) is 5.91 Å². The first-order valence-corrected chi connectivity index (χ1v) is 5.75. The number of β-amino-alcohol motifs (C(OH)–C–C–N with tert-alkyl or cyclic N) is 1. The minimum Gasteiger partial charge on any atom is -0.388 e. The molecule has 3 atom stereocenters. The second-order valence-electron chi connectivity index (χ2n) is 5.28. The summed E-state index contributed by atoms with van der Waals surface area (Å²) in [6, 6.07) is 0.196. The van der Waals surface area contributed by atoms with Crippen molar-refractivity contribution in [3.8, 4) is 0 Å². The van der Waals surface area contributed by atoms with Crippen LogP contribution in [0.2, 0.25) is 0 Å². The van der Waals surface area contributed by atoms with E-state index in [1.54, 1.807) is 11.8 Å². The molecule has 2 rings (SSSR count). The van der Waals surface area contributed by atoms with Crippen molar-refractivity contribution >= 4 is 5.91 Å². The molecule has 1 saturated heterocycles. The van der Waals surface area contributed by atoms with Gasteiger partial charge in [-0.05, 0) is 32.6 Å². The Hall–Kier alpha value is -0.610. The predicted octanol–water partition coefficient (Wildman–Crippen LogP) is 0.0971. The molecular weight excluding hydrogens is 192 g/mol. The van der Waals surface area contributed by atoms with Crippen LogP contribution in [0.15, 0.2) is 0 Å². The largest absolute Gasteiger partial charge is 0.388 e. The topological polar surface area (TPSA) is 66.6 Å². The fraction of sp³-hybridized carbons (Fsp3) is 0.909. The van der Waals surface area contributed by atoms with E-state index in [0.717, 1.165) is 19.3 Å². The van der Waals surface area contributed by atoms with E-state index < -0.39 is 5.60 Å². The number of nitrogens with zero attached hydrogens (tertiary/aromatic N) is 1. The number of hydrogen-bond acceptors (Lipinski definition) is 3. The van der Waals surface area contributed by atoms with Crippen LogP contribution in [0.3, 0.4) is 0 Å². The van der Waals surface area contributed by atoms with Crippen LogP contribution >= 0.6 is 0 Å². The quantitative estimate of drug-likeness (QED) is 0.647. The Bertz CT molecular complexity index is 265. The molecule has 1 aliphatic heterocycles. The molecule has 0 aromatic carbocycles. The summed E-state index contributed by atoms with van der Waals surface area (Å²) in [5, 5.41) is 9.79. The summed E-state index contributed by atoms with van der Waals surface area (Å²) in [5.41, 5.74) is 5.11. The average molecular weight is 212 g/mol. The number of amides is 1. The summed E-state index contributed by atoms with van der Waals surface area (Å²) < 4.78 is 0. The van der Waals surface area contributed by atoms with Crippen molar-refractivity contribution in [1.82, 2.24) is 4.90 Å². The Kier molecular flexibility index (Phi) is 2.73. The molecule has 1 amide bonds. The van der Waals surface area contributed by atoms with Gasteiger partial charge in [0.05, 0.1) is 5.60 Å². The Morgan fingerprint density at radius 3 is 2.73 bits per heavy atom. The van der Waals surface area contributed by atoms with Crippen LogP contribution in [0.5, 0.6) is 0 Å². The van der Waals surface area contributed by atoms with Crippen molar-refractivity contribution in [2.45, 2.75) is 44.2 Å². The van der Waals surface area contributed by atoms with Crippen molar-refractivity contribution in [2.75, 3.05) is 13.1 Å². The van der Waals surface area contributed by atoms with Crippen LogP contribution in [-0.2, 0) is 4.79 Å². The molecule has 4 nitrogen and oxygen atoms in total. The molecular formula is C11H20N2O2. The lowest BCUT2D eigenvalue weighted by atomic mass is 10.1. The molecule has 15 heavy (non-hydrogen) atoms. The summed E-state index contributed by atoms with van der Waals surface area (Å²) in [5.74, 6) is 0.301. The highest BCUT2D eigenvalue weighted by Gasteiger charge is 2.38. The molecule has 3 N–H and O–H groups in total. The van der Waals surface area contributed by atoms with Crippen LogP contribution in [0.25, 0.3) is 0 Å². The molecule has 2 fully saturated rings. The average Bonchev–Trinajstić information content (AvgIpc) is 2.71. The number of hydrogen-bond donors (Lipinski definition) is 2. The highest BCUT2D eigenvalue weighted by molar-refractivity contribution is 5.79. The van der Waals surface area contributed by atoms with Crippen molar-refractivity contribution in [2.24, 2.45) is 11.7 Å². The number of carbonyl (C=O) groups excluding carboxylic acids is 1. The third kappa shape index (κ3) is 2.32. The van der Waals surface area contributed by atoms with Gasteiger partial charge in [-0.2, -0.15) is 0 Å². The smallest absolute Gasteiger partial charge is 0.225 e. The predicted molar refractivity (Wildman–Crippen MR) is 57.1 cm³/mol. The SMILES string of the molecule is CC1(O)CCN(C(=O)C2CCC(N)C2)C1. The van der Waals surface area contributed by atoms with Crippen LogP contribution in [0.4, 0.5) is 0 Å². The Labute approximate surface area is 90.4 Å². The zero-order valence-electron chi connectivity index (χ0n) is 9.28. The molecule has 0 bridgehead atoms. The maximum Gasteiger partial charge on any atom is 0.225 e. The van der Waals surface area contributed by atoms with Gasteiger partial charge in [0.1, 0.15) is 0 Å². The molecule has 1 aliphatic carbocycles. The highest BCUT2D eigenvalue weighted by atomic mass is 16.3. The first-order valence-electron chi connectivity index (χ1n) is 5.75. The van der Waals surface area contributed by atoms with Crippen molar-refractivity contribution in [1.29, 1.82) is 0 Å². The maximum absolute atomic E-state index is 12.0. The fourth-order valence-electron chi connectivity index (χ4n) is 2.63. The van der Waals surface area contributed by atoms with Gasteiger partial charge < -0.3 is 15.7 Å². The molecule has 0 aromatic heterocycles. The Morgan fingerprint density at radius 2 is 2.27 bits per heavy atom. The second kappa shape index (κ2) is 3.76. The molecule has 1 saturated carbocycles. The van der Waals surface area contributed by atoms with E-state index in [-0.39, 0.29) is 17.9 Å². The zero-order chi connectivity index (χ0) is 11.1. The van der Waals surface area contributed by atoms with Crippen molar-refractivity contribution in [3.63, 3.8) is 0 Å². The van der Waals surface area contributed by atoms with Gasteiger partial charge in [-0.3, -0.25) is 4.79 Å². The molecule has 1 heterocycles. The Balaban J connectivity index is 1.92. The van der Waals surface area contributed by atoms with Gasteiger partial charge in [0.15, 0.2) is 0 Å². The molecule has 0 aromatic rings. The fourth-order valence-corrected chi connectivity index (χ4v) is 2.63. The summed E-state index contributed by atoms with van der Waals surface area (Å²) in [6.07, 6.45) is 3.38. The van der Waals surface area contributed by atoms with E-state index in [1.165, 1.54) is 0 Å². The van der Waals surface area contributed by atoms with Gasteiger partial charge in [0.25, 0.3) is 0 Å². The van der Waals surface area contributed by atoms with E-state index in [4.69, 9.17) is 5.73 Å². The summed E-state index contributed by atoms with van der Waals surface area (Å²) in [6.45, 7) is 2.97. The molecule has 2 aliphatic rings. The number of nitrogens with two attached hydrogens (primary N) is 1. The lowest BCUT2D eigenvalue weighted by Crippen LogP contribution is -2.37. The summed E-state index contributed by atoms with van der Waals surface area (Å²) >= 11 is 0. The zero-order valence-corrected chi connectivity index (χ0v) is 9.28. The van der Waals surface area contributed by atoms with E-state index in [0.29, 0.717) is 19.5 Å². The number of aliphatic hydroxyl groups is 1.